The maximum absolute atomic E-state index is 8.57. The molecule has 0 aliphatic carbocycles. The molecule has 0 aliphatic rings. The van der Waals surface area contributed by atoms with Gasteiger partial charge in [-0.2, -0.15) is 10.4 Å². The molecule has 1 aromatic carbocycles. The van der Waals surface area contributed by atoms with Gasteiger partial charge < -0.3 is 4.74 Å². The Bertz CT molecular complexity index is 522. The Morgan fingerprint density at radius 2 is 2.06 bits per heavy atom. The molecule has 0 saturated heterocycles. The van der Waals surface area contributed by atoms with Crippen molar-refractivity contribution in [1.29, 1.82) is 5.26 Å². The lowest BCUT2D eigenvalue weighted by Gasteiger charge is -2.03. The van der Waals surface area contributed by atoms with Crippen LogP contribution in [0.2, 0.25) is 0 Å². The van der Waals surface area contributed by atoms with Gasteiger partial charge >= 0.3 is 0 Å². The Kier molecular flexibility index (Phi) is 3.41. The number of nitrogens with zero attached hydrogens (tertiary/aromatic N) is 3. The highest BCUT2D eigenvalue weighted by Gasteiger charge is 2.01. The van der Waals surface area contributed by atoms with E-state index in [0.717, 1.165) is 16.9 Å². The highest BCUT2D eigenvalue weighted by Crippen LogP contribution is 2.21. The molecule has 0 amide bonds. The van der Waals surface area contributed by atoms with Gasteiger partial charge in [-0.3, -0.25) is 4.68 Å². The lowest BCUT2D eigenvalue weighted by Crippen LogP contribution is -1.94. The number of rotatable bonds is 4. The molecule has 0 bridgehead atoms. The number of hydrogen-bond donors (Lipinski definition) is 0. The molecule has 0 unspecified atom stereocenters. The third-order valence-corrected chi connectivity index (χ3v) is 2.36. The molecule has 1 aromatic heterocycles. The average molecular weight is 227 g/mol. The van der Waals surface area contributed by atoms with Crippen molar-refractivity contribution in [1.82, 2.24) is 9.78 Å². The van der Waals surface area contributed by atoms with Crippen LogP contribution < -0.4 is 4.74 Å². The second-order valence-electron chi connectivity index (χ2n) is 3.54. The van der Waals surface area contributed by atoms with Crippen LogP contribution in [0.3, 0.4) is 0 Å². The van der Waals surface area contributed by atoms with Gasteiger partial charge in [-0.05, 0) is 24.6 Å². The normalized spacial score (nSPS) is 9.88. The van der Waals surface area contributed by atoms with Gasteiger partial charge in [0, 0.05) is 11.8 Å². The molecule has 0 spiro atoms. The molecule has 0 N–H and O–H groups in total. The van der Waals surface area contributed by atoms with E-state index < -0.39 is 0 Å². The molecular formula is C13H13N3O. The zero-order valence-corrected chi connectivity index (χ0v) is 9.63. The Morgan fingerprint density at radius 3 is 2.71 bits per heavy atom. The van der Waals surface area contributed by atoms with Crippen LogP contribution in [0.1, 0.15) is 6.92 Å². The van der Waals surface area contributed by atoms with E-state index in [4.69, 9.17) is 10.00 Å². The van der Waals surface area contributed by atoms with Crippen LogP contribution in [-0.2, 0) is 6.54 Å². The average Bonchev–Trinajstić information content (AvgIpc) is 2.80. The minimum Gasteiger partial charge on any atom is -0.494 e. The topological polar surface area (TPSA) is 50.8 Å². The summed E-state index contributed by atoms with van der Waals surface area (Å²) in [4.78, 5) is 0. The molecule has 0 aliphatic heterocycles. The number of ether oxygens (including phenoxy) is 1. The molecule has 1 heterocycles. The van der Waals surface area contributed by atoms with Crippen molar-refractivity contribution in [3.05, 3.63) is 36.7 Å². The highest BCUT2D eigenvalue weighted by atomic mass is 16.5. The van der Waals surface area contributed by atoms with E-state index in [1.54, 1.807) is 10.9 Å². The fourth-order valence-electron chi connectivity index (χ4n) is 1.58. The van der Waals surface area contributed by atoms with Crippen LogP contribution in [0.25, 0.3) is 11.1 Å². The second-order valence-corrected chi connectivity index (χ2v) is 3.54. The number of benzene rings is 1. The van der Waals surface area contributed by atoms with Gasteiger partial charge in [-0.15, -0.1) is 0 Å². The van der Waals surface area contributed by atoms with Crippen LogP contribution in [-0.4, -0.2) is 16.4 Å². The predicted molar refractivity (Wildman–Crippen MR) is 64.4 cm³/mol. The summed E-state index contributed by atoms with van der Waals surface area (Å²) in [5, 5.41) is 12.7. The molecule has 4 heteroatoms. The first-order valence-corrected chi connectivity index (χ1v) is 5.46. The number of nitriles is 1. The van der Waals surface area contributed by atoms with Crippen molar-refractivity contribution in [2.24, 2.45) is 0 Å². The van der Waals surface area contributed by atoms with Gasteiger partial charge in [-0.25, -0.2) is 0 Å². The third kappa shape index (κ3) is 2.64. The van der Waals surface area contributed by atoms with Crippen molar-refractivity contribution in [3.63, 3.8) is 0 Å². The first kappa shape index (κ1) is 11.2. The van der Waals surface area contributed by atoms with E-state index in [9.17, 15) is 0 Å². The van der Waals surface area contributed by atoms with E-state index in [1.807, 2.05) is 37.4 Å². The molecule has 0 radical (unpaired) electrons. The summed E-state index contributed by atoms with van der Waals surface area (Å²) in [7, 11) is 0. The summed E-state index contributed by atoms with van der Waals surface area (Å²) < 4.78 is 6.99. The van der Waals surface area contributed by atoms with E-state index in [0.29, 0.717) is 6.61 Å². The van der Waals surface area contributed by atoms with Crippen LogP contribution in [0.4, 0.5) is 0 Å². The molecule has 4 nitrogen and oxygen atoms in total. The molecule has 0 saturated carbocycles. The van der Waals surface area contributed by atoms with Gasteiger partial charge in [0.15, 0.2) is 0 Å². The van der Waals surface area contributed by atoms with Crippen molar-refractivity contribution in [2.75, 3.05) is 6.61 Å². The summed E-state index contributed by atoms with van der Waals surface area (Å²) in [5.74, 6) is 0.862. The fraction of sp³-hybridized carbons (Fsp3) is 0.231. The Labute approximate surface area is 100 Å². The lowest BCUT2D eigenvalue weighted by atomic mass is 10.1. The van der Waals surface area contributed by atoms with Gasteiger partial charge in [0.05, 0.1) is 18.9 Å². The third-order valence-electron chi connectivity index (χ3n) is 2.36. The summed E-state index contributed by atoms with van der Waals surface area (Å²) in [6, 6.07) is 9.89. The van der Waals surface area contributed by atoms with Crippen LogP contribution in [0.5, 0.6) is 5.75 Å². The van der Waals surface area contributed by atoms with Gasteiger partial charge in [0.1, 0.15) is 12.3 Å². The maximum atomic E-state index is 8.57. The summed E-state index contributed by atoms with van der Waals surface area (Å²) in [5.41, 5.74) is 2.07. The monoisotopic (exact) mass is 227 g/mol. The number of aromatic nitrogens is 2. The first-order valence-electron chi connectivity index (χ1n) is 5.46. The Balaban J connectivity index is 2.18. The summed E-state index contributed by atoms with van der Waals surface area (Å²) >= 11 is 0. The maximum Gasteiger partial charge on any atom is 0.128 e. The smallest absolute Gasteiger partial charge is 0.128 e. The van der Waals surface area contributed by atoms with Gasteiger partial charge in [0.25, 0.3) is 0 Å². The van der Waals surface area contributed by atoms with E-state index in [-0.39, 0.29) is 6.54 Å². The molecule has 0 fully saturated rings. The van der Waals surface area contributed by atoms with Crippen molar-refractivity contribution in [3.8, 4) is 22.9 Å². The molecule has 2 rings (SSSR count). The van der Waals surface area contributed by atoms with Crippen LogP contribution >= 0.6 is 0 Å². The Morgan fingerprint density at radius 1 is 1.29 bits per heavy atom. The van der Waals surface area contributed by atoms with E-state index in [2.05, 4.69) is 11.2 Å². The zero-order chi connectivity index (χ0) is 12.1. The van der Waals surface area contributed by atoms with Gasteiger partial charge in [0.2, 0.25) is 0 Å². The van der Waals surface area contributed by atoms with Crippen LogP contribution in [0.15, 0.2) is 36.7 Å². The van der Waals surface area contributed by atoms with Crippen molar-refractivity contribution < 1.29 is 4.74 Å². The Hall–Kier alpha value is -2.28. The predicted octanol–water partition coefficient (Wildman–Crippen LogP) is 2.47. The number of hydrogen-bond acceptors (Lipinski definition) is 3. The molecule has 0 atom stereocenters. The minimum atomic E-state index is 0.275. The summed E-state index contributed by atoms with van der Waals surface area (Å²) in [6.45, 7) is 2.90. The second kappa shape index (κ2) is 5.17. The minimum absolute atomic E-state index is 0.275. The molecule has 17 heavy (non-hydrogen) atoms. The van der Waals surface area contributed by atoms with E-state index >= 15 is 0 Å². The quantitative estimate of drug-likeness (QED) is 0.806. The van der Waals surface area contributed by atoms with Crippen molar-refractivity contribution in [2.45, 2.75) is 13.5 Å². The van der Waals surface area contributed by atoms with Crippen molar-refractivity contribution >= 4 is 0 Å². The van der Waals surface area contributed by atoms with Gasteiger partial charge in [-0.1, -0.05) is 12.1 Å². The molecular weight excluding hydrogens is 214 g/mol. The fourth-order valence-corrected chi connectivity index (χ4v) is 1.58. The molecule has 2 aromatic rings. The summed E-state index contributed by atoms with van der Waals surface area (Å²) in [6.07, 6.45) is 3.62. The highest BCUT2D eigenvalue weighted by molar-refractivity contribution is 5.62. The lowest BCUT2D eigenvalue weighted by molar-refractivity contribution is 0.340. The zero-order valence-electron chi connectivity index (χ0n) is 9.63. The SMILES string of the molecule is CCOc1ccc(-c2cnn(CC#N)c2)cc1. The van der Waals surface area contributed by atoms with Crippen LogP contribution in [0, 0.1) is 11.3 Å². The standard InChI is InChI=1S/C13H13N3O/c1-2-17-13-5-3-11(4-6-13)12-9-15-16(10-12)8-7-14/h3-6,9-10H,2,8H2,1H3. The largest absolute Gasteiger partial charge is 0.494 e. The first-order chi connectivity index (χ1) is 8.33. The molecule has 86 valence electrons. The van der Waals surface area contributed by atoms with E-state index in [1.165, 1.54) is 0 Å².